The fourth-order valence-corrected chi connectivity index (χ4v) is 1.70. The predicted octanol–water partition coefficient (Wildman–Crippen LogP) is -2.43. The molecule has 0 amide bonds. The molecular weight excluding hydrogens is 212 g/mol. The van der Waals surface area contributed by atoms with Gasteiger partial charge >= 0.3 is 0 Å². The molecule has 6 N–H and O–H groups in total. The van der Waals surface area contributed by atoms with E-state index in [-0.39, 0.29) is 11.9 Å². The number of likely N-dealkylation sites (tertiary alicyclic amines) is 1. The average Bonchev–Trinajstić information content (AvgIpc) is 2.43. The van der Waals surface area contributed by atoms with Gasteiger partial charge in [-0.3, -0.25) is 4.90 Å². The van der Waals surface area contributed by atoms with E-state index in [1.807, 2.05) is 4.90 Å². The zero-order valence-corrected chi connectivity index (χ0v) is 8.61. The van der Waals surface area contributed by atoms with E-state index < -0.39 is 12.2 Å². The standard InChI is InChI=1S/C8H14N6O2/c9-7-11-6(12-8(10)13-7)3-14-1-4(15)5(16)2-14/h4-5,15-16H,1-3H2,(H4,9,10,11,12,13)/t4-,5+. The van der Waals surface area contributed by atoms with Gasteiger partial charge in [0.1, 0.15) is 5.82 Å². The molecule has 1 aromatic heterocycles. The smallest absolute Gasteiger partial charge is 0.225 e. The summed E-state index contributed by atoms with van der Waals surface area (Å²) in [4.78, 5) is 13.3. The van der Waals surface area contributed by atoms with Gasteiger partial charge in [-0.15, -0.1) is 0 Å². The van der Waals surface area contributed by atoms with Crippen LogP contribution in [-0.4, -0.2) is 55.4 Å². The zero-order valence-electron chi connectivity index (χ0n) is 8.61. The van der Waals surface area contributed by atoms with Crippen LogP contribution in [-0.2, 0) is 6.54 Å². The molecule has 8 nitrogen and oxygen atoms in total. The van der Waals surface area contributed by atoms with Gasteiger partial charge < -0.3 is 21.7 Å². The number of β-amino-alcohol motifs (C(OH)–C–C–N with tert-alkyl or cyclic N) is 2. The molecule has 0 bridgehead atoms. The Morgan fingerprint density at radius 2 is 1.56 bits per heavy atom. The van der Waals surface area contributed by atoms with Gasteiger partial charge in [-0.2, -0.15) is 15.0 Å². The average molecular weight is 226 g/mol. The number of aliphatic hydroxyl groups excluding tert-OH is 2. The van der Waals surface area contributed by atoms with Crippen LogP contribution in [0, 0.1) is 0 Å². The van der Waals surface area contributed by atoms with E-state index in [1.54, 1.807) is 0 Å². The molecule has 16 heavy (non-hydrogen) atoms. The molecule has 1 aromatic rings. The molecule has 0 unspecified atom stereocenters. The molecule has 0 saturated carbocycles. The van der Waals surface area contributed by atoms with Crippen LogP contribution in [0.15, 0.2) is 0 Å². The molecule has 1 fully saturated rings. The van der Waals surface area contributed by atoms with Gasteiger partial charge in [-0.05, 0) is 0 Å². The Hall–Kier alpha value is -1.51. The van der Waals surface area contributed by atoms with E-state index >= 15 is 0 Å². The third-order valence-electron chi connectivity index (χ3n) is 2.42. The van der Waals surface area contributed by atoms with Gasteiger partial charge in [-0.25, -0.2) is 0 Å². The fraction of sp³-hybridized carbons (Fsp3) is 0.625. The number of nitrogens with two attached hydrogens (primary N) is 2. The molecule has 1 saturated heterocycles. The minimum Gasteiger partial charge on any atom is -0.389 e. The van der Waals surface area contributed by atoms with Crippen molar-refractivity contribution in [1.82, 2.24) is 19.9 Å². The first-order valence-corrected chi connectivity index (χ1v) is 4.89. The number of aliphatic hydroxyl groups is 2. The monoisotopic (exact) mass is 226 g/mol. The number of aromatic nitrogens is 3. The molecular formula is C8H14N6O2. The van der Waals surface area contributed by atoms with E-state index in [4.69, 9.17) is 11.5 Å². The topological polar surface area (TPSA) is 134 Å². The largest absolute Gasteiger partial charge is 0.389 e. The maximum absolute atomic E-state index is 9.36. The molecule has 88 valence electrons. The molecule has 8 heteroatoms. The zero-order chi connectivity index (χ0) is 11.7. The van der Waals surface area contributed by atoms with Crippen molar-refractivity contribution in [2.45, 2.75) is 18.8 Å². The van der Waals surface area contributed by atoms with Crippen LogP contribution >= 0.6 is 0 Å². The van der Waals surface area contributed by atoms with E-state index in [2.05, 4.69) is 15.0 Å². The van der Waals surface area contributed by atoms with E-state index in [0.717, 1.165) is 0 Å². The van der Waals surface area contributed by atoms with E-state index in [1.165, 1.54) is 0 Å². The van der Waals surface area contributed by atoms with Crippen molar-refractivity contribution in [3.05, 3.63) is 5.82 Å². The van der Waals surface area contributed by atoms with Crippen molar-refractivity contribution in [1.29, 1.82) is 0 Å². The number of nitrogens with zero attached hydrogens (tertiary/aromatic N) is 4. The Morgan fingerprint density at radius 3 is 2.06 bits per heavy atom. The lowest BCUT2D eigenvalue weighted by Crippen LogP contribution is -2.23. The van der Waals surface area contributed by atoms with Crippen molar-refractivity contribution in [3.63, 3.8) is 0 Å². The van der Waals surface area contributed by atoms with Crippen LogP contribution in [0.25, 0.3) is 0 Å². The first-order valence-electron chi connectivity index (χ1n) is 4.89. The van der Waals surface area contributed by atoms with Gasteiger partial charge in [-0.1, -0.05) is 0 Å². The predicted molar refractivity (Wildman–Crippen MR) is 55.9 cm³/mol. The number of hydrogen-bond donors (Lipinski definition) is 4. The Morgan fingerprint density at radius 1 is 1.06 bits per heavy atom. The molecule has 2 heterocycles. The summed E-state index contributed by atoms with van der Waals surface area (Å²) in [5.41, 5.74) is 10.9. The summed E-state index contributed by atoms with van der Waals surface area (Å²) in [7, 11) is 0. The molecule has 0 spiro atoms. The van der Waals surface area contributed by atoms with Gasteiger partial charge in [0.2, 0.25) is 11.9 Å². The van der Waals surface area contributed by atoms with E-state index in [9.17, 15) is 10.2 Å². The second kappa shape index (κ2) is 4.16. The number of anilines is 2. The number of rotatable bonds is 2. The maximum atomic E-state index is 9.36. The highest BCUT2D eigenvalue weighted by Crippen LogP contribution is 2.12. The summed E-state index contributed by atoms with van der Waals surface area (Å²) < 4.78 is 0. The minimum absolute atomic E-state index is 0.0720. The summed E-state index contributed by atoms with van der Waals surface area (Å²) in [5, 5.41) is 18.7. The second-order valence-corrected chi connectivity index (χ2v) is 3.80. The Bertz CT molecular complexity index is 357. The van der Waals surface area contributed by atoms with Crippen LogP contribution in [0.2, 0.25) is 0 Å². The SMILES string of the molecule is Nc1nc(N)nc(CN2C[C@@H](O)[C@@H](O)C2)n1. The molecule has 1 aliphatic heterocycles. The summed E-state index contributed by atoms with van der Waals surface area (Å²) in [6, 6.07) is 0. The van der Waals surface area contributed by atoms with E-state index in [0.29, 0.717) is 25.5 Å². The normalized spacial score (nSPS) is 26.1. The second-order valence-electron chi connectivity index (χ2n) is 3.80. The molecule has 0 aromatic carbocycles. The fourth-order valence-electron chi connectivity index (χ4n) is 1.70. The Kier molecular flexibility index (Phi) is 2.86. The van der Waals surface area contributed by atoms with Crippen molar-refractivity contribution >= 4 is 11.9 Å². The molecule has 0 radical (unpaired) electrons. The lowest BCUT2D eigenvalue weighted by molar-refractivity contribution is 0.0572. The van der Waals surface area contributed by atoms with Crippen molar-refractivity contribution in [2.75, 3.05) is 24.6 Å². The quantitative estimate of drug-likeness (QED) is 0.437. The van der Waals surface area contributed by atoms with Crippen LogP contribution < -0.4 is 11.5 Å². The van der Waals surface area contributed by atoms with Gasteiger partial charge in [0.05, 0.1) is 18.8 Å². The highest BCUT2D eigenvalue weighted by Gasteiger charge is 2.29. The van der Waals surface area contributed by atoms with Gasteiger partial charge in [0.25, 0.3) is 0 Å². The van der Waals surface area contributed by atoms with Crippen LogP contribution in [0.1, 0.15) is 5.82 Å². The lowest BCUT2D eigenvalue weighted by atomic mass is 10.3. The molecule has 2 atom stereocenters. The summed E-state index contributed by atoms with van der Waals surface area (Å²) in [6.07, 6.45) is -1.45. The van der Waals surface area contributed by atoms with Crippen LogP contribution in [0.4, 0.5) is 11.9 Å². The molecule has 2 rings (SSSR count). The lowest BCUT2D eigenvalue weighted by Gasteiger charge is -2.13. The number of hydrogen-bond acceptors (Lipinski definition) is 8. The Labute approximate surface area is 91.9 Å². The van der Waals surface area contributed by atoms with Crippen molar-refractivity contribution in [2.24, 2.45) is 0 Å². The number of nitrogen functional groups attached to an aromatic ring is 2. The highest BCUT2D eigenvalue weighted by molar-refractivity contribution is 5.25. The molecule has 1 aliphatic rings. The summed E-state index contributed by atoms with van der Waals surface area (Å²) in [6.45, 7) is 1.14. The summed E-state index contributed by atoms with van der Waals surface area (Å²) in [5.74, 6) is 0.580. The van der Waals surface area contributed by atoms with Gasteiger partial charge in [0.15, 0.2) is 0 Å². The summed E-state index contributed by atoms with van der Waals surface area (Å²) >= 11 is 0. The molecule has 0 aliphatic carbocycles. The maximum Gasteiger partial charge on any atom is 0.225 e. The van der Waals surface area contributed by atoms with Crippen molar-refractivity contribution in [3.8, 4) is 0 Å². The van der Waals surface area contributed by atoms with Crippen LogP contribution in [0.5, 0.6) is 0 Å². The third-order valence-corrected chi connectivity index (χ3v) is 2.42. The first kappa shape index (κ1) is 11.0. The van der Waals surface area contributed by atoms with Crippen molar-refractivity contribution < 1.29 is 10.2 Å². The highest BCUT2D eigenvalue weighted by atomic mass is 16.3. The Balaban J connectivity index is 2.04. The van der Waals surface area contributed by atoms with Gasteiger partial charge in [0, 0.05) is 13.1 Å². The van der Waals surface area contributed by atoms with Crippen LogP contribution in [0.3, 0.4) is 0 Å². The first-order chi connectivity index (χ1) is 7.54. The third kappa shape index (κ3) is 2.35. The minimum atomic E-state index is -0.725.